The van der Waals surface area contributed by atoms with Gasteiger partial charge < -0.3 is 9.64 Å². The fourth-order valence-corrected chi connectivity index (χ4v) is 5.05. The van der Waals surface area contributed by atoms with E-state index in [0.717, 1.165) is 18.5 Å². The van der Waals surface area contributed by atoms with Crippen molar-refractivity contribution in [2.45, 2.75) is 43.5 Å². The van der Waals surface area contributed by atoms with Crippen LogP contribution in [0.2, 0.25) is 0 Å². The lowest BCUT2D eigenvalue weighted by molar-refractivity contribution is -0.119. The summed E-state index contributed by atoms with van der Waals surface area (Å²) in [5, 5.41) is 0. The molecule has 0 bridgehead atoms. The molecule has 0 aliphatic carbocycles. The number of hydrogen-bond acceptors (Lipinski definition) is 4. The van der Waals surface area contributed by atoms with E-state index in [4.69, 9.17) is 4.74 Å². The van der Waals surface area contributed by atoms with Crippen LogP contribution in [0.5, 0.6) is 0 Å². The van der Waals surface area contributed by atoms with E-state index in [9.17, 15) is 13.2 Å². The monoisotopic (exact) mass is 352 g/mol. The smallest absolute Gasteiger partial charge is 0.243 e. The van der Waals surface area contributed by atoms with Crippen molar-refractivity contribution in [1.29, 1.82) is 0 Å². The van der Waals surface area contributed by atoms with Crippen molar-refractivity contribution in [1.82, 2.24) is 4.31 Å². The zero-order chi connectivity index (χ0) is 17.4. The first-order chi connectivity index (χ1) is 11.3. The van der Waals surface area contributed by atoms with E-state index < -0.39 is 15.6 Å². The van der Waals surface area contributed by atoms with Crippen molar-refractivity contribution in [3.8, 4) is 0 Å². The fraction of sp³-hybridized carbons (Fsp3) is 0.588. The average Bonchev–Trinajstić information content (AvgIpc) is 2.55. The molecule has 6 nitrogen and oxygen atoms in total. The quantitative estimate of drug-likeness (QED) is 0.834. The highest BCUT2D eigenvalue weighted by Gasteiger charge is 2.39. The maximum atomic E-state index is 12.9. The number of amides is 1. The van der Waals surface area contributed by atoms with Crippen molar-refractivity contribution < 1.29 is 17.9 Å². The summed E-state index contributed by atoms with van der Waals surface area (Å²) in [6.07, 6.45) is 2.46. The van der Waals surface area contributed by atoms with Gasteiger partial charge in [0.1, 0.15) is 0 Å². The minimum atomic E-state index is -3.58. The van der Waals surface area contributed by atoms with Gasteiger partial charge in [-0.2, -0.15) is 4.31 Å². The number of ether oxygens (including phenoxy) is 1. The molecule has 0 aromatic heterocycles. The second-order valence-corrected chi connectivity index (χ2v) is 8.80. The molecule has 1 amide bonds. The SMILES string of the molecule is CC1(C)COCCN1S(=O)(=O)c1ccc(N2CCCCC2=O)cc1. The molecule has 132 valence electrons. The van der Waals surface area contributed by atoms with E-state index in [-0.39, 0.29) is 10.8 Å². The summed E-state index contributed by atoms with van der Waals surface area (Å²) in [4.78, 5) is 14.0. The third-order valence-electron chi connectivity index (χ3n) is 4.63. The lowest BCUT2D eigenvalue weighted by Gasteiger charge is -2.40. The first kappa shape index (κ1) is 17.4. The minimum absolute atomic E-state index is 0.103. The molecule has 0 unspecified atom stereocenters. The number of sulfonamides is 1. The fourth-order valence-electron chi connectivity index (χ4n) is 3.29. The van der Waals surface area contributed by atoms with Crippen LogP contribution in [-0.2, 0) is 19.6 Å². The highest BCUT2D eigenvalue weighted by molar-refractivity contribution is 7.89. The Balaban J connectivity index is 1.85. The van der Waals surface area contributed by atoms with Gasteiger partial charge in [-0.05, 0) is 51.0 Å². The highest BCUT2D eigenvalue weighted by atomic mass is 32.2. The van der Waals surface area contributed by atoms with Gasteiger partial charge in [-0.1, -0.05) is 0 Å². The third kappa shape index (κ3) is 3.20. The van der Waals surface area contributed by atoms with Gasteiger partial charge in [0.2, 0.25) is 15.9 Å². The standard InChI is InChI=1S/C17H24N2O4S/c1-17(2)13-23-12-11-19(17)24(21,22)15-8-6-14(7-9-15)18-10-4-3-5-16(18)20/h6-9H,3-5,10-13H2,1-2H3. The normalized spacial score (nSPS) is 22.6. The second-order valence-electron chi connectivity index (χ2n) is 6.94. The predicted molar refractivity (Wildman–Crippen MR) is 91.4 cm³/mol. The number of carbonyl (C=O) groups excluding carboxylic acids is 1. The molecule has 2 saturated heterocycles. The minimum Gasteiger partial charge on any atom is -0.378 e. The topological polar surface area (TPSA) is 66.9 Å². The molecule has 1 aromatic rings. The first-order valence-corrected chi connectivity index (χ1v) is 9.77. The molecule has 7 heteroatoms. The molecule has 0 radical (unpaired) electrons. The van der Waals surface area contributed by atoms with Crippen LogP contribution in [0.25, 0.3) is 0 Å². The van der Waals surface area contributed by atoms with Gasteiger partial charge in [-0.25, -0.2) is 8.42 Å². The number of nitrogens with zero attached hydrogens (tertiary/aromatic N) is 2. The van der Waals surface area contributed by atoms with Crippen LogP contribution in [0.15, 0.2) is 29.2 Å². The molecular formula is C17H24N2O4S. The van der Waals surface area contributed by atoms with Crippen LogP contribution < -0.4 is 4.90 Å². The van der Waals surface area contributed by atoms with Crippen LogP contribution >= 0.6 is 0 Å². The van der Waals surface area contributed by atoms with Gasteiger partial charge >= 0.3 is 0 Å². The average molecular weight is 352 g/mol. The van der Waals surface area contributed by atoms with E-state index in [2.05, 4.69) is 0 Å². The van der Waals surface area contributed by atoms with Gasteiger partial charge in [0.05, 0.1) is 23.6 Å². The van der Waals surface area contributed by atoms with Crippen molar-refractivity contribution >= 4 is 21.6 Å². The number of rotatable bonds is 3. The van der Waals surface area contributed by atoms with Crippen molar-refractivity contribution in [3.63, 3.8) is 0 Å². The van der Waals surface area contributed by atoms with Crippen LogP contribution in [-0.4, -0.2) is 50.5 Å². The summed E-state index contributed by atoms with van der Waals surface area (Å²) >= 11 is 0. The van der Waals surface area contributed by atoms with Gasteiger partial charge in [0.25, 0.3) is 0 Å². The largest absolute Gasteiger partial charge is 0.378 e. The van der Waals surface area contributed by atoms with E-state index in [0.29, 0.717) is 32.7 Å². The number of hydrogen-bond donors (Lipinski definition) is 0. The molecule has 2 aliphatic rings. The van der Waals surface area contributed by atoms with Crippen LogP contribution in [0.1, 0.15) is 33.1 Å². The number of anilines is 1. The summed E-state index contributed by atoms with van der Waals surface area (Å²) in [7, 11) is -3.58. The Morgan fingerprint density at radius 2 is 1.79 bits per heavy atom. The van der Waals surface area contributed by atoms with Crippen molar-refractivity contribution in [2.24, 2.45) is 0 Å². The molecule has 0 atom stereocenters. The zero-order valence-electron chi connectivity index (χ0n) is 14.2. The molecule has 2 aliphatic heterocycles. The summed E-state index contributed by atoms with van der Waals surface area (Å²) in [6.45, 7) is 5.56. The first-order valence-electron chi connectivity index (χ1n) is 8.33. The molecule has 0 saturated carbocycles. The molecule has 2 fully saturated rings. The van der Waals surface area contributed by atoms with Gasteiger partial charge in [-0.3, -0.25) is 4.79 Å². The second kappa shape index (κ2) is 6.46. The van der Waals surface area contributed by atoms with Gasteiger partial charge in [0, 0.05) is 25.2 Å². The lowest BCUT2D eigenvalue weighted by atomic mass is 10.1. The Bertz CT molecular complexity index is 713. The molecule has 24 heavy (non-hydrogen) atoms. The van der Waals surface area contributed by atoms with Crippen LogP contribution in [0.3, 0.4) is 0 Å². The number of carbonyl (C=O) groups is 1. The molecule has 0 N–H and O–H groups in total. The Morgan fingerprint density at radius 3 is 2.42 bits per heavy atom. The van der Waals surface area contributed by atoms with Crippen LogP contribution in [0, 0.1) is 0 Å². The molecule has 1 aromatic carbocycles. The molecular weight excluding hydrogens is 328 g/mol. The summed E-state index contributed by atoms with van der Waals surface area (Å²) in [5.41, 5.74) is 0.193. The van der Waals surface area contributed by atoms with Crippen molar-refractivity contribution in [2.75, 3.05) is 31.2 Å². The Morgan fingerprint density at radius 1 is 1.08 bits per heavy atom. The van der Waals surface area contributed by atoms with E-state index in [1.165, 1.54) is 4.31 Å². The molecule has 3 rings (SSSR count). The summed E-state index contributed by atoms with van der Waals surface area (Å²) in [5.74, 6) is 0.103. The van der Waals surface area contributed by atoms with E-state index in [1.807, 2.05) is 13.8 Å². The molecule has 2 heterocycles. The number of benzene rings is 1. The maximum absolute atomic E-state index is 12.9. The Kier molecular flexibility index (Phi) is 4.68. The summed E-state index contributed by atoms with van der Waals surface area (Å²) in [6, 6.07) is 6.64. The van der Waals surface area contributed by atoms with Crippen LogP contribution in [0.4, 0.5) is 5.69 Å². The Hall–Kier alpha value is -1.44. The lowest BCUT2D eigenvalue weighted by Crippen LogP contribution is -2.55. The highest BCUT2D eigenvalue weighted by Crippen LogP contribution is 2.29. The third-order valence-corrected chi connectivity index (χ3v) is 6.75. The van der Waals surface area contributed by atoms with E-state index >= 15 is 0 Å². The van der Waals surface area contributed by atoms with Gasteiger partial charge in [-0.15, -0.1) is 0 Å². The predicted octanol–water partition coefficient (Wildman–Crippen LogP) is 2.00. The zero-order valence-corrected chi connectivity index (χ0v) is 15.0. The number of morpholine rings is 1. The molecule has 0 spiro atoms. The number of piperidine rings is 1. The maximum Gasteiger partial charge on any atom is 0.243 e. The van der Waals surface area contributed by atoms with Crippen molar-refractivity contribution in [3.05, 3.63) is 24.3 Å². The summed E-state index contributed by atoms with van der Waals surface area (Å²) < 4.78 is 32.8. The van der Waals surface area contributed by atoms with E-state index in [1.54, 1.807) is 29.2 Å². The van der Waals surface area contributed by atoms with Gasteiger partial charge in [0.15, 0.2) is 0 Å². The Labute approximate surface area is 143 Å².